The maximum atomic E-state index is 6.47. The van der Waals surface area contributed by atoms with Gasteiger partial charge in [-0.3, -0.25) is 4.98 Å². The molecule has 1 unspecified atom stereocenters. The van der Waals surface area contributed by atoms with Gasteiger partial charge in [-0.15, -0.1) is 0 Å². The molecular weight excluding hydrogens is 298 g/mol. The molecule has 0 spiro atoms. The Balaban J connectivity index is 1.76. The van der Waals surface area contributed by atoms with E-state index in [-0.39, 0.29) is 5.60 Å². The lowest BCUT2D eigenvalue weighted by Crippen LogP contribution is -2.43. The monoisotopic (exact) mass is 331 g/mol. The molecule has 1 aromatic rings. The summed E-state index contributed by atoms with van der Waals surface area (Å²) in [6, 6.07) is 2.25. The number of hydrogen-bond acceptors (Lipinski definition) is 3. The second kappa shape index (κ2) is 8.33. The number of rotatable bonds is 7. The highest BCUT2D eigenvalue weighted by atomic mass is 16.5. The van der Waals surface area contributed by atoms with Crippen molar-refractivity contribution < 1.29 is 9.47 Å². The van der Waals surface area contributed by atoms with Gasteiger partial charge in [0.2, 0.25) is 0 Å². The molecule has 1 aliphatic carbocycles. The normalized spacial score (nSPS) is 25.1. The Morgan fingerprint density at radius 2 is 2.04 bits per heavy atom. The molecule has 0 aromatic carbocycles. The third-order valence-corrected chi connectivity index (χ3v) is 5.97. The van der Waals surface area contributed by atoms with Crippen LogP contribution in [0.5, 0.6) is 5.75 Å². The summed E-state index contributed by atoms with van der Waals surface area (Å²) >= 11 is 0. The summed E-state index contributed by atoms with van der Waals surface area (Å²) in [5.41, 5.74) is 2.59. The molecule has 24 heavy (non-hydrogen) atoms. The Bertz CT molecular complexity index is 517. The van der Waals surface area contributed by atoms with E-state index in [1.165, 1.54) is 50.5 Å². The smallest absolute Gasteiger partial charge is 0.140 e. The van der Waals surface area contributed by atoms with E-state index in [1.807, 2.05) is 13.1 Å². The Hall–Kier alpha value is -1.09. The van der Waals surface area contributed by atoms with Crippen molar-refractivity contribution in [1.82, 2.24) is 4.98 Å². The molecule has 0 amide bonds. The molecule has 2 heterocycles. The first-order chi connectivity index (χ1) is 11.8. The second-order valence-corrected chi connectivity index (χ2v) is 7.42. The molecule has 1 aliphatic heterocycles. The zero-order chi connectivity index (χ0) is 16.8. The fourth-order valence-corrected chi connectivity index (χ4v) is 4.60. The van der Waals surface area contributed by atoms with E-state index in [9.17, 15) is 0 Å². The average Bonchev–Trinajstić information content (AvgIpc) is 3.17. The Kier molecular flexibility index (Phi) is 6.15. The van der Waals surface area contributed by atoms with Crippen LogP contribution in [0.2, 0.25) is 0 Å². The van der Waals surface area contributed by atoms with Gasteiger partial charge in [0.1, 0.15) is 5.75 Å². The van der Waals surface area contributed by atoms with Gasteiger partial charge in [0.05, 0.1) is 18.4 Å². The zero-order valence-corrected chi connectivity index (χ0v) is 15.5. The Morgan fingerprint density at radius 3 is 2.71 bits per heavy atom. The maximum Gasteiger partial charge on any atom is 0.140 e. The molecule has 3 rings (SSSR count). The highest BCUT2D eigenvalue weighted by molar-refractivity contribution is 5.33. The molecule has 2 fully saturated rings. The number of ether oxygens (including phenoxy) is 2. The first kappa shape index (κ1) is 17.7. The van der Waals surface area contributed by atoms with Crippen LogP contribution in [0.25, 0.3) is 0 Å². The van der Waals surface area contributed by atoms with Gasteiger partial charge in [0.15, 0.2) is 0 Å². The highest BCUT2D eigenvalue weighted by Gasteiger charge is 2.41. The molecule has 134 valence electrons. The standard InChI is InChI=1S/C21H33NO2/c1-3-19-15-17(20(16-22-19)23-4-2)11-13-21(12-7-8-14-24-21)18-9-5-6-10-18/h15-16,18H,3-14H2,1-2H3. The molecule has 1 saturated heterocycles. The predicted molar refractivity (Wildman–Crippen MR) is 97.6 cm³/mol. The second-order valence-electron chi connectivity index (χ2n) is 7.42. The number of nitrogens with zero attached hydrogens (tertiary/aromatic N) is 1. The molecule has 3 nitrogen and oxygen atoms in total. The van der Waals surface area contributed by atoms with E-state index in [0.717, 1.165) is 43.2 Å². The largest absolute Gasteiger partial charge is 0.492 e. The molecule has 2 aliphatic rings. The SMILES string of the molecule is CCOc1cnc(CC)cc1CCC1(C2CCCC2)CCCCO1. The van der Waals surface area contributed by atoms with Crippen LogP contribution in [0.1, 0.15) is 76.5 Å². The molecule has 0 bridgehead atoms. The van der Waals surface area contributed by atoms with Gasteiger partial charge in [0, 0.05) is 12.3 Å². The molecule has 1 atom stereocenters. The first-order valence-electron chi connectivity index (χ1n) is 10.0. The minimum Gasteiger partial charge on any atom is -0.492 e. The van der Waals surface area contributed by atoms with Crippen molar-refractivity contribution in [3.8, 4) is 5.75 Å². The van der Waals surface area contributed by atoms with Crippen LogP contribution in [0, 0.1) is 5.92 Å². The minimum atomic E-state index is 0.119. The lowest BCUT2D eigenvalue weighted by atomic mass is 9.76. The van der Waals surface area contributed by atoms with Crippen LogP contribution in [-0.2, 0) is 17.6 Å². The molecule has 3 heteroatoms. The van der Waals surface area contributed by atoms with Crippen molar-refractivity contribution in [1.29, 1.82) is 0 Å². The van der Waals surface area contributed by atoms with Gasteiger partial charge in [-0.2, -0.15) is 0 Å². The van der Waals surface area contributed by atoms with Gasteiger partial charge in [-0.1, -0.05) is 19.8 Å². The number of pyridine rings is 1. The zero-order valence-electron chi connectivity index (χ0n) is 15.5. The fraction of sp³-hybridized carbons (Fsp3) is 0.762. The van der Waals surface area contributed by atoms with Crippen LogP contribution in [0.3, 0.4) is 0 Å². The van der Waals surface area contributed by atoms with Crippen LogP contribution >= 0.6 is 0 Å². The molecular formula is C21H33NO2. The summed E-state index contributed by atoms with van der Waals surface area (Å²) in [4.78, 5) is 4.51. The fourth-order valence-electron chi connectivity index (χ4n) is 4.60. The molecule has 0 radical (unpaired) electrons. The van der Waals surface area contributed by atoms with Crippen LogP contribution < -0.4 is 4.74 Å². The van der Waals surface area contributed by atoms with E-state index >= 15 is 0 Å². The maximum absolute atomic E-state index is 6.47. The predicted octanol–water partition coefficient (Wildman–Crippen LogP) is 5.10. The summed E-state index contributed by atoms with van der Waals surface area (Å²) in [5.74, 6) is 1.73. The van der Waals surface area contributed by atoms with Crippen LogP contribution in [0.4, 0.5) is 0 Å². The minimum absolute atomic E-state index is 0.119. The third-order valence-electron chi connectivity index (χ3n) is 5.97. The average molecular weight is 332 g/mol. The Labute approximate surface area is 147 Å². The molecule has 1 saturated carbocycles. The summed E-state index contributed by atoms with van der Waals surface area (Å²) in [7, 11) is 0. The number of aromatic nitrogens is 1. The van der Waals surface area contributed by atoms with Gasteiger partial charge < -0.3 is 9.47 Å². The van der Waals surface area contributed by atoms with E-state index in [2.05, 4.69) is 18.0 Å². The van der Waals surface area contributed by atoms with Crippen molar-refractivity contribution in [2.75, 3.05) is 13.2 Å². The van der Waals surface area contributed by atoms with Crippen molar-refractivity contribution in [3.05, 3.63) is 23.5 Å². The first-order valence-corrected chi connectivity index (χ1v) is 10.0. The van der Waals surface area contributed by atoms with Gasteiger partial charge in [-0.05, 0) is 75.8 Å². The summed E-state index contributed by atoms with van der Waals surface area (Å²) in [6.45, 7) is 5.86. The Morgan fingerprint density at radius 1 is 1.21 bits per heavy atom. The number of hydrogen-bond donors (Lipinski definition) is 0. The third kappa shape index (κ3) is 3.93. The number of aryl methyl sites for hydroxylation is 2. The van der Waals surface area contributed by atoms with E-state index in [0.29, 0.717) is 6.61 Å². The van der Waals surface area contributed by atoms with Gasteiger partial charge >= 0.3 is 0 Å². The van der Waals surface area contributed by atoms with Crippen LogP contribution in [0.15, 0.2) is 12.3 Å². The van der Waals surface area contributed by atoms with Gasteiger partial charge in [0.25, 0.3) is 0 Å². The highest BCUT2D eigenvalue weighted by Crippen LogP contribution is 2.44. The van der Waals surface area contributed by atoms with Crippen molar-refractivity contribution in [3.63, 3.8) is 0 Å². The topological polar surface area (TPSA) is 31.4 Å². The van der Waals surface area contributed by atoms with Crippen molar-refractivity contribution in [2.45, 2.75) is 83.7 Å². The quantitative estimate of drug-likeness (QED) is 0.696. The van der Waals surface area contributed by atoms with E-state index in [1.54, 1.807) is 0 Å². The lowest BCUT2D eigenvalue weighted by Gasteiger charge is -2.42. The lowest BCUT2D eigenvalue weighted by molar-refractivity contribution is -0.120. The molecule has 0 N–H and O–H groups in total. The van der Waals surface area contributed by atoms with Crippen molar-refractivity contribution >= 4 is 0 Å². The summed E-state index contributed by atoms with van der Waals surface area (Å²) in [5, 5.41) is 0. The summed E-state index contributed by atoms with van der Waals surface area (Å²) in [6.07, 6.45) is 14.3. The van der Waals surface area contributed by atoms with E-state index < -0.39 is 0 Å². The van der Waals surface area contributed by atoms with Gasteiger partial charge in [-0.25, -0.2) is 0 Å². The van der Waals surface area contributed by atoms with E-state index in [4.69, 9.17) is 9.47 Å². The van der Waals surface area contributed by atoms with Crippen LogP contribution in [-0.4, -0.2) is 23.8 Å². The molecule has 1 aromatic heterocycles. The van der Waals surface area contributed by atoms with Crippen molar-refractivity contribution in [2.24, 2.45) is 5.92 Å². The summed E-state index contributed by atoms with van der Waals surface area (Å²) < 4.78 is 12.3.